The smallest absolute Gasteiger partial charge is 0.407 e. The first-order valence-corrected chi connectivity index (χ1v) is 21.0. The second kappa shape index (κ2) is 16.8. The first-order valence-electron chi connectivity index (χ1n) is 21.0. The number of aromatic nitrogens is 4. The van der Waals surface area contributed by atoms with E-state index in [0.29, 0.717) is 12.5 Å². The lowest BCUT2D eigenvalue weighted by Crippen LogP contribution is -2.54. The molecule has 314 valence electrons. The third-order valence-corrected chi connectivity index (χ3v) is 12.6. The maximum atomic E-state index is 13.9. The van der Waals surface area contributed by atoms with Gasteiger partial charge in [0.15, 0.2) is 0 Å². The summed E-state index contributed by atoms with van der Waals surface area (Å²) in [4.78, 5) is 72.2. The number of fused-ring (bicyclic) bond motifs is 3. The summed E-state index contributed by atoms with van der Waals surface area (Å²) in [5.41, 5.74) is 7.89. The Balaban J connectivity index is 0.947. The van der Waals surface area contributed by atoms with Gasteiger partial charge in [-0.15, -0.1) is 0 Å². The van der Waals surface area contributed by atoms with Gasteiger partial charge < -0.3 is 39.9 Å². The number of nitrogens with zero attached hydrogens (tertiary/aromatic N) is 4. The van der Waals surface area contributed by atoms with Crippen molar-refractivity contribution in [3.8, 4) is 33.5 Å². The summed E-state index contributed by atoms with van der Waals surface area (Å²) in [6.45, 7) is 8.27. The minimum Gasteiger partial charge on any atom is -0.453 e. The molecule has 0 radical (unpaired) electrons. The highest BCUT2D eigenvalue weighted by Gasteiger charge is 2.51. The van der Waals surface area contributed by atoms with Gasteiger partial charge in [-0.05, 0) is 89.8 Å². The minimum absolute atomic E-state index is 0.0919. The van der Waals surface area contributed by atoms with Crippen LogP contribution in [0.15, 0.2) is 72.9 Å². The van der Waals surface area contributed by atoms with Crippen LogP contribution in [0.1, 0.15) is 83.5 Å². The summed E-state index contributed by atoms with van der Waals surface area (Å²) in [7, 11) is 2.60. The van der Waals surface area contributed by atoms with Crippen molar-refractivity contribution in [1.29, 1.82) is 0 Å². The summed E-state index contributed by atoms with van der Waals surface area (Å²) >= 11 is 0. The Labute approximate surface area is 349 Å². The number of imidazole rings is 2. The number of nitrogens with one attached hydrogen (secondary N) is 4. The van der Waals surface area contributed by atoms with Crippen LogP contribution in [0.2, 0.25) is 0 Å². The van der Waals surface area contributed by atoms with Crippen molar-refractivity contribution in [2.45, 2.75) is 90.0 Å². The van der Waals surface area contributed by atoms with Crippen LogP contribution in [0.5, 0.6) is 0 Å². The molecule has 14 heteroatoms. The maximum absolute atomic E-state index is 13.9. The predicted molar refractivity (Wildman–Crippen MR) is 227 cm³/mol. The fraction of sp³-hybridized carbons (Fsp3) is 0.435. The number of benzene rings is 3. The van der Waals surface area contributed by atoms with Gasteiger partial charge in [-0.25, -0.2) is 19.6 Å². The Morgan fingerprint density at radius 2 is 1.30 bits per heavy atom. The van der Waals surface area contributed by atoms with Gasteiger partial charge in [0.25, 0.3) is 0 Å². The Bertz CT molecular complexity index is 2370. The molecule has 0 spiro atoms. The zero-order valence-electron chi connectivity index (χ0n) is 35.0. The largest absolute Gasteiger partial charge is 0.453 e. The molecule has 1 saturated carbocycles. The van der Waals surface area contributed by atoms with Crippen molar-refractivity contribution in [3.63, 3.8) is 0 Å². The average molecular weight is 815 g/mol. The number of carbonyl (C=O) groups excluding carboxylic acids is 4. The molecule has 6 atom stereocenters. The zero-order chi connectivity index (χ0) is 42.2. The molecule has 2 saturated heterocycles. The minimum atomic E-state index is -0.689. The molecule has 1 aliphatic carbocycles. The van der Waals surface area contributed by atoms with Crippen molar-refractivity contribution >= 4 is 35.0 Å². The van der Waals surface area contributed by atoms with Crippen molar-refractivity contribution in [2.75, 3.05) is 20.8 Å². The van der Waals surface area contributed by atoms with Crippen LogP contribution in [0.25, 0.3) is 44.5 Å². The standard InChI is InChI=1S/C46H54N8O6/c1-25(2)38(51-45(57)59-5)43(55)53-21-7-8-37(53)41-48-34-20-18-31(23-35(34)49-41)29-11-9-27(10-12-29)28-13-15-30(16-14-28)36-24-47-42(50-36)40-32-17-19-33(22-32)54(40)44(56)39(26(3)4)52-46(58)60-6/h9-16,18,20,23-26,32-33,37-40H,7-8,17,19,21-22H2,1-6H3,(H,47,50)(H,48,49)(H,51,57)(H,52,58)/t32-,33+,37-,38-,39?,40-/m0/s1. The van der Waals surface area contributed by atoms with Crippen LogP contribution in [-0.4, -0.2) is 92.6 Å². The number of alkyl carbamates (subject to hydrolysis) is 2. The highest BCUT2D eigenvalue weighted by molar-refractivity contribution is 5.88. The summed E-state index contributed by atoms with van der Waals surface area (Å²) in [5, 5.41) is 5.47. The summed E-state index contributed by atoms with van der Waals surface area (Å²) in [6, 6.07) is 21.4. The topological polar surface area (TPSA) is 175 Å². The summed E-state index contributed by atoms with van der Waals surface area (Å²) in [6.07, 6.45) is 5.18. The molecule has 3 aromatic carbocycles. The first-order chi connectivity index (χ1) is 28.9. The molecule has 2 aliphatic heterocycles. The second-order valence-electron chi connectivity index (χ2n) is 17.0. The summed E-state index contributed by atoms with van der Waals surface area (Å²) in [5.74, 6) is 1.40. The third-order valence-electron chi connectivity index (χ3n) is 12.6. The Morgan fingerprint density at radius 3 is 1.92 bits per heavy atom. The molecule has 60 heavy (non-hydrogen) atoms. The molecule has 14 nitrogen and oxygen atoms in total. The highest BCUT2D eigenvalue weighted by Crippen LogP contribution is 2.50. The molecule has 3 fully saturated rings. The molecular formula is C46H54N8O6. The predicted octanol–water partition coefficient (Wildman–Crippen LogP) is 7.76. The van der Waals surface area contributed by atoms with E-state index in [-0.39, 0.29) is 41.8 Å². The van der Waals surface area contributed by atoms with Gasteiger partial charge in [0.2, 0.25) is 11.8 Å². The van der Waals surface area contributed by atoms with Crippen molar-refractivity contribution in [1.82, 2.24) is 40.4 Å². The van der Waals surface area contributed by atoms with Gasteiger partial charge in [-0.1, -0.05) is 82.3 Å². The van der Waals surface area contributed by atoms with Gasteiger partial charge >= 0.3 is 12.2 Å². The molecule has 8 rings (SSSR count). The van der Waals surface area contributed by atoms with Gasteiger partial charge in [0.05, 0.1) is 49.2 Å². The van der Waals surface area contributed by atoms with Gasteiger partial charge in [-0.3, -0.25) is 9.59 Å². The number of ether oxygens (including phenoxy) is 2. The van der Waals surface area contributed by atoms with E-state index in [9.17, 15) is 19.2 Å². The number of rotatable bonds is 11. The number of carbonyl (C=O) groups is 4. The molecule has 1 unspecified atom stereocenters. The number of hydrogen-bond acceptors (Lipinski definition) is 8. The third kappa shape index (κ3) is 7.82. The van der Waals surface area contributed by atoms with Crippen LogP contribution >= 0.6 is 0 Å². The quantitative estimate of drug-likeness (QED) is 0.105. The van der Waals surface area contributed by atoms with Crippen LogP contribution in [0, 0.1) is 17.8 Å². The van der Waals surface area contributed by atoms with Crippen LogP contribution in [-0.2, 0) is 19.1 Å². The Hall–Kier alpha value is -6.18. The SMILES string of the molecule is COC(=O)NC(C(=O)N1[C@@H]2CC[C@@H](C2)[C@H]1c1ncc(-c2ccc(-c3ccc(-c4ccc5nc([C@@H]6CCCN6C(=O)[C@@H](NC(=O)OC)C(C)C)[nH]c5c4)cc3)cc2)[nH]1)C(C)C. The number of hydrogen-bond donors (Lipinski definition) is 4. The number of likely N-dealkylation sites (tertiary alicyclic amines) is 2. The van der Waals surface area contributed by atoms with E-state index in [1.165, 1.54) is 14.2 Å². The lowest BCUT2D eigenvalue weighted by Gasteiger charge is -2.37. The number of methoxy groups -OCH3 is 2. The fourth-order valence-corrected chi connectivity index (χ4v) is 9.41. The van der Waals surface area contributed by atoms with E-state index in [2.05, 4.69) is 81.3 Å². The lowest BCUT2D eigenvalue weighted by atomic mass is 9.95. The van der Waals surface area contributed by atoms with Crippen molar-refractivity contribution in [2.24, 2.45) is 17.8 Å². The van der Waals surface area contributed by atoms with Crippen LogP contribution < -0.4 is 10.6 Å². The molecular weight excluding hydrogens is 761 g/mol. The molecule has 2 aromatic heterocycles. The second-order valence-corrected chi connectivity index (χ2v) is 17.0. The number of amides is 4. The molecule has 5 aromatic rings. The molecule has 2 bridgehead atoms. The van der Waals surface area contributed by atoms with Gasteiger partial charge in [0, 0.05) is 12.6 Å². The maximum Gasteiger partial charge on any atom is 0.407 e. The lowest BCUT2D eigenvalue weighted by molar-refractivity contribution is -0.139. The van der Waals surface area contributed by atoms with Gasteiger partial charge in [-0.2, -0.15) is 0 Å². The van der Waals surface area contributed by atoms with E-state index in [1.54, 1.807) is 0 Å². The van der Waals surface area contributed by atoms with E-state index in [4.69, 9.17) is 19.4 Å². The monoisotopic (exact) mass is 814 g/mol. The molecule has 4 amide bonds. The molecule has 3 aliphatic rings. The van der Waals surface area contributed by atoms with Crippen molar-refractivity contribution in [3.05, 3.63) is 84.6 Å². The average Bonchev–Trinajstić information content (AvgIpc) is 4.12. The number of piperidine rings is 1. The number of H-pyrrole nitrogens is 2. The Kier molecular flexibility index (Phi) is 11.4. The molecule has 4 heterocycles. The molecule has 4 N–H and O–H groups in total. The van der Waals surface area contributed by atoms with Crippen LogP contribution in [0.4, 0.5) is 9.59 Å². The highest BCUT2D eigenvalue weighted by atomic mass is 16.5. The van der Waals surface area contributed by atoms with Crippen molar-refractivity contribution < 1.29 is 28.7 Å². The zero-order valence-corrected chi connectivity index (χ0v) is 35.0. The first kappa shape index (κ1) is 40.6. The van der Waals surface area contributed by atoms with E-state index >= 15 is 0 Å². The number of aromatic amines is 2. The summed E-state index contributed by atoms with van der Waals surface area (Å²) < 4.78 is 9.60. The van der Waals surface area contributed by atoms with E-state index in [1.807, 2.05) is 49.8 Å². The fourth-order valence-electron chi connectivity index (χ4n) is 9.41. The van der Waals surface area contributed by atoms with E-state index in [0.717, 1.165) is 88.3 Å². The normalized spacial score (nSPS) is 20.8. The Morgan fingerprint density at radius 1 is 0.717 bits per heavy atom. The van der Waals surface area contributed by atoms with Gasteiger partial charge in [0.1, 0.15) is 23.7 Å². The van der Waals surface area contributed by atoms with Crippen LogP contribution in [0.3, 0.4) is 0 Å². The van der Waals surface area contributed by atoms with E-state index < -0.39 is 24.3 Å².